The van der Waals surface area contributed by atoms with Crippen molar-refractivity contribution < 1.29 is 14.3 Å². The first-order valence-electron chi connectivity index (χ1n) is 9.67. The maximum atomic E-state index is 12.6. The summed E-state index contributed by atoms with van der Waals surface area (Å²) in [6.45, 7) is 6.18. The SMILES string of the molecule is CCn1nc(C)cc1C(=O)NC[C@@H]1CC[C@H](CC(=O)OC)N1CC1CC1. The molecule has 1 N–H and O–H groups in total. The molecule has 1 saturated heterocycles. The van der Waals surface area contributed by atoms with Gasteiger partial charge >= 0.3 is 5.97 Å². The Morgan fingerprint density at radius 2 is 2.00 bits per heavy atom. The molecule has 2 fully saturated rings. The van der Waals surface area contributed by atoms with Crippen molar-refractivity contribution in [3.8, 4) is 0 Å². The standard InChI is InChI=1S/C19H30N4O3/c1-4-23-17(9-13(2)21-23)19(25)20-11-16-8-7-15(10-18(24)26-3)22(16)12-14-5-6-14/h9,14-16H,4-8,10-12H2,1-3H3,(H,20,25)/t15-,16+/m1/s1. The fraction of sp³-hybridized carbons (Fsp3) is 0.737. The lowest BCUT2D eigenvalue weighted by Crippen LogP contribution is -2.45. The molecule has 1 aromatic heterocycles. The van der Waals surface area contributed by atoms with Crippen molar-refractivity contribution in [1.29, 1.82) is 0 Å². The zero-order valence-corrected chi connectivity index (χ0v) is 16.0. The second-order valence-corrected chi connectivity index (χ2v) is 7.50. The van der Waals surface area contributed by atoms with Gasteiger partial charge in [-0.15, -0.1) is 0 Å². The molecular formula is C19H30N4O3. The maximum Gasteiger partial charge on any atom is 0.307 e. The molecule has 7 nitrogen and oxygen atoms in total. The highest BCUT2D eigenvalue weighted by atomic mass is 16.5. The Labute approximate surface area is 155 Å². The molecule has 2 atom stereocenters. The molecule has 1 saturated carbocycles. The number of carbonyl (C=O) groups is 2. The van der Waals surface area contributed by atoms with Gasteiger partial charge < -0.3 is 10.1 Å². The molecule has 0 bridgehead atoms. The van der Waals surface area contributed by atoms with Gasteiger partial charge in [0.15, 0.2) is 0 Å². The molecule has 0 unspecified atom stereocenters. The van der Waals surface area contributed by atoms with Gasteiger partial charge in [-0.25, -0.2) is 0 Å². The van der Waals surface area contributed by atoms with Crippen LogP contribution in [0.15, 0.2) is 6.07 Å². The van der Waals surface area contributed by atoms with Crippen molar-refractivity contribution in [3.05, 3.63) is 17.5 Å². The average molecular weight is 362 g/mol. The van der Waals surface area contributed by atoms with Gasteiger partial charge in [0, 0.05) is 31.7 Å². The van der Waals surface area contributed by atoms with Crippen molar-refractivity contribution in [2.75, 3.05) is 20.2 Å². The summed E-state index contributed by atoms with van der Waals surface area (Å²) in [5.74, 6) is 0.522. The number of carbonyl (C=O) groups excluding carboxylic acids is 2. The smallest absolute Gasteiger partial charge is 0.307 e. The van der Waals surface area contributed by atoms with E-state index < -0.39 is 0 Å². The monoisotopic (exact) mass is 362 g/mol. The van der Waals surface area contributed by atoms with E-state index in [2.05, 4.69) is 15.3 Å². The van der Waals surface area contributed by atoms with E-state index in [-0.39, 0.29) is 24.0 Å². The molecule has 0 radical (unpaired) electrons. The number of nitrogens with zero attached hydrogens (tertiary/aromatic N) is 3. The van der Waals surface area contributed by atoms with E-state index in [0.29, 0.717) is 25.2 Å². The van der Waals surface area contributed by atoms with Gasteiger partial charge in [-0.1, -0.05) is 0 Å². The Morgan fingerprint density at radius 3 is 2.65 bits per heavy atom. The summed E-state index contributed by atoms with van der Waals surface area (Å²) in [7, 11) is 1.44. The molecule has 0 aromatic carbocycles. The number of amides is 1. The van der Waals surface area contributed by atoms with Crippen LogP contribution in [-0.4, -0.2) is 58.8 Å². The van der Waals surface area contributed by atoms with Crippen LogP contribution < -0.4 is 5.32 Å². The molecule has 1 aliphatic carbocycles. The van der Waals surface area contributed by atoms with E-state index in [0.717, 1.165) is 31.0 Å². The second-order valence-electron chi connectivity index (χ2n) is 7.50. The Hall–Kier alpha value is -1.89. The summed E-state index contributed by atoms with van der Waals surface area (Å²) in [4.78, 5) is 26.7. The van der Waals surface area contributed by atoms with Gasteiger partial charge in [0.25, 0.3) is 5.91 Å². The lowest BCUT2D eigenvalue weighted by molar-refractivity contribution is -0.141. The summed E-state index contributed by atoms with van der Waals surface area (Å²) in [5.41, 5.74) is 1.47. The summed E-state index contributed by atoms with van der Waals surface area (Å²) >= 11 is 0. The van der Waals surface area contributed by atoms with Crippen molar-refractivity contribution in [2.45, 2.75) is 64.6 Å². The Morgan fingerprint density at radius 1 is 1.27 bits per heavy atom. The minimum Gasteiger partial charge on any atom is -0.469 e. The van der Waals surface area contributed by atoms with Crippen LogP contribution in [0.3, 0.4) is 0 Å². The molecule has 3 rings (SSSR count). The highest BCUT2D eigenvalue weighted by Gasteiger charge is 2.38. The van der Waals surface area contributed by atoms with Crippen molar-refractivity contribution in [3.63, 3.8) is 0 Å². The van der Waals surface area contributed by atoms with E-state index in [1.165, 1.54) is 20.0 Å². The lowest BCUT2D eigenvalue weighted by atomic mass is 10.1. The van der Waals surface area contributed by atoms with E-state index in [9.17, 15) is 9.59 Å². The van der Waals surface area contributed by atoms with Gasteiger partial charge in [-0.05, 0) is 51.5 Å². The predicted molar refractivity (Wildman–Crippen MR) is 97.8 cm³/mol. The summed E-state index contributed by atoms with van der Waals surface area (Å²) in [6, 6.07) is 2.34. The van der Waals surface area contributed by atoms with Crippen LogP contribution in [0.5, 0.6) is 0 Å². The number of aryl methyl sites for hydroxylation is 2. The highest BCUT2D eigenvalue weighted by Crippen LogP contribution is 2.35. The van der Waals surface area contributed by atoms with Crippen LogP contribution in [0.4, 0.5) is 0 Å². The van der Waals surface area contributed by atoms with Gasteiger partial charge in [-0.3, -0.25) is 19.2 Å². The molecule has 26 heavy (non-hydrogen) atoms. The molecule has 144 valence electrons. The second kappa shape index (κ2) is 8.20. The van der Waals surface area contributed by atoms with Crippen LogP contribution in [-0.2, 0) is 16.1 Å². The highest BCUT2D eigenvalue weighted by molar-refractivity contribution is 5.92. The number of ether oxygens (including phenoxy) is 1. The number of rotatable bonds is 8. The number of esters is 1. The number of aromatic nitrogens is 2. The first-order chi connectivity index (χ1) is 12.5. The van der Waals surface area contributed by atoms with Gasteiger partial charge in [0.05, 0.1) is 19.2 Å². The van der Waals surface area contributed by atoms with Crippen LogP contribution in [0.2, 0.25) is 0 Å². The third kappa shape index (κ3) is 4.44. The van der Waals surface area contributed by atoms with Gasteiger partial charge in [0.1, 0.15) is 5.69 Å². The minimum atomic E-state index is -0.150. The average Bonchev–Trinajstić information content (AvgIpc) is 3.26. The molecule has 1 aromatic rings. The minimum absolute atomic E-state index is 0.0739. The number of likely N-dealkylation sites (tertiary alicyclic amines) is 1. The first-order valence-corrected chi connectivity index (χ1v) is 9.67. The van der Waals surface area contributed by atoms with Crippen molar-refractivity contribution >= 4 is 11.9 Å². The zero-order chi connectivity index (χ0) is 18.7. The zero-order valence-electron chi connectivity index (χ0n) is 16.0. The number of nitrogens with one attached hydrogen (secondary N) is 1. The number of hydrogen-bond donors (Lipinski definition) is 1. The Kier molecular flexibility index (Phi) is 5.96. The summed E-state index contributed by atoms with van der Waals surface area (Å²) in [5, 5.41) is 7.42. The number of hydrogen-bond acceptors (Lipinski definition) is 5. The largest absolute Gasteiger partial charge is 0.469 e. The maximum absolute atomic E-state index is 12.6. The lowest BCUT2D eigenvalue weighted by Gasteiger charge is -2.30. The van der Waals surface area contributed by atoms with Gasteiger partial charge in [-0.2, -0.15) is 5.10 Å². The van der Waals surface area contributed by atoms with Crippen molar-refractivity contribution in [2.24, 2.45) is 5.92 Å². The number of methoxy groups -OCH3 is 1. The molecule has 2 heterocycles. The molecule has 1 aliphatic heterocycles. The van der Waals surface area contributed by atoms with Crippen molar-refractivity contribution in [1.82, 2.24) is 20.0 Å². The fourth-order valence-corrected chi connectivity index (χ4v) is 3.90. The fourth-order valence-electron chi connectivity index (χ4n) is 3.90. The van der Waals surface area contributed by atoms with Crippen LogP contribution in [0.1, 0.15) is 55.2 Å². The third-order valence-electron chi connectivity index (χ3n) is 5.50. The quantitative estimate of drug-likeness (QED) is 0.713. The molecule has 7 heteroatoms. The van der Waals surface area contributed by atoms with E-state index >= 15 is 0 Å². The van der Waals surface area contributed by atoms with E-state index in [4.69, 9.17) is 4.74 Å². The Balaban J connectivity index is 1.60. The van der Waals surface area contributed by atoms with Crippen LogP contribution in [0.25, 0.3) is 0 Å². The van der Waals surface area contributed by atoms with Crippen LogP contribution >= 0.6 is 0 Å². The van der Waals surface area contributed by atoms with E-state index in [1.807, 2.05) is 19.9 Å². The normalized spacial score (nSPS) is 23.2. The Bertz CT molecular complexity index is 653. The molecule has 0 spiro atoms. The summed E-state index contributed by atoms with van der Waals surface area (Å²) in [6.07, 6.45) is 4.97. The predicted octanol–water partition coefficient (Wildman–Crippen LogP) is 1.75. The topological polar surface area (TPSA) is 76.5 Å². The summed E-state index contributed by atoms with van der Waals surface area (Å²) < 4.78 is 6.59. The first kappa shape index (κ1) is 18.9. The molecular weight excluding hydrogens is 332 g/mol. The van der Waals surface area contributed by atoms with Gasteiger partial charge in [0.2, 0.25) is 0 Å². The van der Waals surface area contributed by atoms with E-state index in [1.54, 1.807) is 4.68 Å². The third-order valence-corrected chi connectivity index (χ3v) is 5.50. The molecule has 2 aliphatic rings. The molecule has 1 amide bonds. The van der Waals surface area contributed by atoms with Crippen LogP contribution in [0, 0.1) is 12.8 Å².